The second-order valence-corrected chi connectivity index (χ2v) is 5.53. The van der Waals surface area contributed by atoms with E-state index in [1.54, 1.807) is 0 Å². The summed E-state index contributed by atoms with van der Waals surface area (Å²) >= 11 is 6.19. The Morgan fingerprint density at radius 1 is 1.37 bits per heavy atom. The first-order valence-electron chi connectivity index (χ1n) is 7.08. The summed E-state index contributed by atoms with van der Waals surface area (Å²) in [5, 5.41) is 0.708. The standard InChI is InChI=1S/C15H23ClN2O/c1-2-19-15-4-3-12(11-14(15)16)5-8-18-9-6-13(17)7-10-18/h3-4,11,13H,2,5-10,17H2,1H3. The maximum Gasteiger partial charge on any atom is 0.137 e. The number of piperidine rings is 1. The molecular formula is C15H23ClN2O. The van der Waals surface area contributed by atoms with Gasteiger partial charge in [-0.1, -0.05) is 17.7 Å². The molecule has 0 bridgehead atoms. The molecule has 1 heterocycles. The fourth-order valence-corrected chi connectivity index (χ4v) is 2.69. The SMILES string of the molecule is CCOc1ccc(CCN2CCC(N)CC2)cc1Cl. The molecule has 2 N–H and O–H groups in total. The minimum Gasteiger partial charge on any atom is -0.492 e. The van der Waals surface area contributed by atoms with Crippen molar-refractivity contribution >= 4 is 11.6 Å². The molecule has 1 aliphatic rings. The molecule has 1 fully saturated rings. The third kappa shape index (κ3) is 4.37. The summed E-state index contributed by atoms with van der Waals surface area (Å²) in [6.07, 6.45) is 3.26. The lowest BCUT2D eigenvalue weighted by atomic mass is 10.1. The molecule has 3 nitrogen and oxygen atoms in total. The van der Waals surface area contributed by atoms with E-state index in [0.717, 1.165) is 44.6 Å². The number of likely N-dealkylation sites (tertiary alicyclic amines) is 1. The Morgan fingerprint density at radius 3 is 2.74 bits per heavy atom. The molecule has 0 amide bonds. The lowest BCUT2D eigenvalue weighted by Crippen LogP contribution is -2.40. The Morgan fingerprint density at radius 2 is 2.11 bits per heavy atom. The van der Waals surface area contributed by atoms with Crippen LogP contribution in [0.3, 0.4) is 0 Å². The first-order chi connectivity index (χ1) is 9.19. The predicted molar refractivity (Wildman–Crippen MR) is 80.0 cm³/mol. The molecule has 0 aromatic heterocycles. The van der Waals surface area contributed by atoms with E-state index in [9.17, 15) is 0 Å². The van der Waals surface area contributed by atoms with Gasteiger partial charge in [-0.15, -0.1) is 0 Å². The van der Waals surface area contributed by atoms with Crippen LogP contribution in [0.25, 0.3) is 0 Å². The monoisotopic (exact) mass is 282 g/mol. The van der Waals surface area contributed by atoms with Gasteiger partial charge in [0.25, 0.3) is 0 Å². The van der Waals surface area contributed by atoms with Crippen LogP contribution in [0, 0.1) is 0 Å². The van der Waals surface area contributed by atoms with E-state index >= 15 is 0 Å². The molecule has 19 heavy (non-hydrogen) atoms. The number of benzene rings is 1. The van der Waals surface area contributed by atoms with Gasteiger partial charge in [0.05, 0.1) is 11.6 Å². The molecule has 0 atom stereocenters. The van der Waals surface area contributed by atoms with Crippen molar-refractivity contribution < 1.29 is 4.74 Å². The number of nitrogens with two attached hydrogens (primary N) is 1. The Kier molecular flexibility index (Phi) is 5.49. The molecule has 0 saturated carbocycles. The third-order valence-electron chi connectivity index (χ3n) is 3.65. The summed E-state index contributed by atoms with van der Waals surface area (Å²) < 4.78 is 5.44. The van der Waals surface area contributed by atoms with Crippen LogP contribution >= 0.6 is 11.6 Å². The molecule has 0 radical (unpaired) electrons. The highest BCUT2D eigenvalue weighted by molar-refractivity contribution is 6.32. The van der Waals surface area contributed by atoms with Crippen molar-refractivity contribution in [3.05, 3.63) is 28.8 Å². The van der Waals surface area contributed by atoms with Crippen LogP contribution in [-0.2, 0) is 6.42 Å². The van der Waals surface area contributed by atoms with Crippen molar-refractivity contribution in [3.8, 4) is 5.75 Å². The summed E-state index contributed by atoms with van der Waals surface area (Å²) in [5.74, 6) is 0.775. The van der Waals surface area contributed by atoms with Crippen LogP contribution < -0.4 is 10.5 Å². The Bertz CT molecular complexity index is 403. The normalized spacial score (nSPS) is 17.6. The van der Waals surface area contributed by atoms with Crippen LogP contribution in [0.4, 0.5) is 0 Å². The van der Waals surface area contributed by atoms with Gasteiger partial charge in [0.1, 0.15) is 5.75 Å². The average molecular weight is 283 g/mol. The molecule has 0 spiro atoms. The molecule has 0 aliphatic carbocycles. The van der Waals surface area contributed by atoms with Crippen molar-refractivity contribution in [2.45, 2.75) is 32.2 Å². The quantitative estimate of drug-likeness (QED) is 0.902. The number of rotatable bonds is 5. The molecule has 1 aromatic rings. The minimum atomic E-state index is 0.399. The van der Waals surface area contributed by atoms with E-state index < -0.39 is 0 Å². The smallest absolute Gasteiger partial charge is 0.137 e. The van der Waals surface area contributed by atoms with Gasteiger partial charge in [-0.2, -0.15) is 0 Å². The summed E-state index contributed by atoms with van der Waals surface area (Å²) in [6.45, 7) is 5.92. The van der Waals surface area contributed by atoms with Crippen LogP contribution in [-0.4, -0.2) is 37.2 Å². The highest BCUT2D eigenvalue weighted by atomic mass is 35.5. The first-order valence-corrected chi connectivity index (χ1v) is 7.46. The van der Waals surface area contributed by atoms with Gasteiger partial charge < -0.3 is 15.4 Å². The van der Waals surface area contributed by atoms with Gasteiger partial charge in [-0.05, 0) is 57.0 Å². The van der Waals surface area contributed by atoms with E-state index in [2.05, 4.69) is 11.0 Å². The topological polar surface area (TPSA) is 38.5 Å². The zero-order chi connectivity index (χ0) is 13.7. The molecule has 1 aliphatic heterocycles. The molecule has 1 aromatic carbocycles. The molecule has 1 saturated heterocycles. The van der Waals surface area contributed by atoms with Crippen molar-refractivity contribution in [1.82, 2.24) is 4.90 Å². The van der Waals surface area contributed by atoms with Crippen LogP contribution in [0.1, 0.15) is 25.3 Å². The summed E-state index contributed by atoms with van der Waals surface area (Å²) in [6, 6.07) is 6.48. The fraction of sp³-hybridized carbons (Fsp3) is 0.600. The van der Waals surface area contributed by atoms with Crippen molar-refractivity contribution in [2.24, 2.45) is 5.73 Å². The van der Waals surface area contributed by atoms with Crippen LogP contribution in [0.2, 0.25) is 5.02 Å². The highest BCUT2D eigenvalue weighted by Crippen LogP contribution is 2.25. The molecule has 0 unspecified atom stereocenters. The zero-order valence-corrected chi connectivity index (χ0v) is 12.3. The fourth-order valence-electron chi connectivity index (χ4n) is 2.44. The van der Waals surface area contributed by atoms with Crippen molar-refractivity contribution in [3.63, 3.8) is 0 Å². The lowest BCUT2D eigenvalue weighted by Gasteiger charge is -2.30. The van der Waals surface area contributed by atoms with E-state index in [0.29, 0.717) is 17.7 Å². The molecular weight excluding hydrogens is 260 g/mol. The lowest BCUT2D eigenvalue weighted by molar-refractivity contribution is 0.215. The first kappa shape index (κ1) is 14.6. The molecule has 4 heteroatoms. The average Bonchev–Trinajstić information content (AvgIpc) is 2.41. The van der Waals surface area contributed by atoms with E-state index in [1.165, 1.54) is 5.56 Å². The van der Waals surface area contributed by atoms with Crippen LogP contribution in [0.5, 0.6) is 5.75 Å². The van der Waals surface area contributed by atoms with Gasteiger partial charge in [-0.3, -0.25) is 0 Å². The van der Waals surface area contributed by atoms with E-state index in [-0.39, 0.29) is 0 Å². The van der Waals surface area contributed by atoms with Crippen molar-refractivity contribution in [1.29, 1.82) is 0 Å². The van der Waals surface area contributed by atoms with E-state index in [1.807, 2.05) is 19.1 Å². The van der Waals surface area contributed by atoms with Gasteiger partial charge >= 0.3 is 0 Å². The Hall–Kier alpha value is -0.770. The summed E-state index contributed by atoms with van der Waals surface area (Å²) in [5.41, 5.74) is 7.18. The number of halogens is 1. The zero-order valence-electron chi connectivity index (χ0n) is 11.6. The van der Waals surface area contributed by atoms with Gasteiger partial charge in [0.15, 0.2) is 0 Å². The molecule has 2 rings (SSSR count). The summed E-state index contributed by atoms with van der Waals surface area (Å²) in [7, 11) is 0. The largest absolute Gasteiger partial charge is 0.492 e. The maximum atomic E-state index is 6.19. The van der Waals surface area contributed by atoms with Crippen molar-refractivity contribution in [2.75, 3.05) is 26.2 Å². The van der Waals surface area contributed by atoms with Gasteiger partial charge in [0, 0.05) is 12.6 Å². The number of hydrogen-bond acceptors (Lipinski definition) is 3. The second-order valence-electron chi connectivity index (χ2n) is 5.13. The minimum absolute atomic E-state index is 0.399. The second kappa shape index (κ2) is 7.13. The van der Waals surface area contributed by atoms with E-state index in [4.69, 9.17) is 22.1 Å². The van der Waals surface area contributed by atoms with Gasteiger partial charge in [-0.25, -0.2) is 0 Å². The number of ether oxygens (including phenoxy) is 1. The molecule has 106 valence electrons. The number of hydrogen-bond donors (Lipinski definition) is 1. The van der Waals surface area contributed by atoms with Gasteiger partial charge in [0.2, 0.25) is 0 Å². The van der Waals surface area contributed by atoms with Crippen LogP contribution in [0.15, 0.2) is 18.2 Å². The third-order valence-corrected chi connectivity index (χ3v) is 3.94. The number of nitrogens with zero attached hydrogens (tertiary/aromatic N) is 1. The highest BCUT2D eigenvalue weighted by Gasteiger charge is 2.15. The predicted octanol–water partition coefficient (Wildman–Crippen LogP) is 2.70. The Labute approximate surface area is 120 Å². The maximum absolute atomic E-state index is 6.19. The Balaban J connectivity index is 1.84. The summed E-state index contributed by atoms with van der Waals surface area (Å²) in [4.78, 5) is 2.48.